The normalized spacial score (nSPS) is 48.7. The van der Waals surface area contributed by atoms with E-state index in [0.29, 0.717) is 11.5 Å². The molecule has 21 heavy (non-hydrogen) atoms. The molecule has 5 aliphatic rings. The third-order valence-corrected chi connectivity index (χ3v) is 6.72. The molecule has 0 amide bonds. The summed E-state index contributed by atoms with van der Waals surface area (Å²) in [5.74, 6) is 2.71. The van der Waals surface area contributed by atoms with Gasteiger partial charge in [0.2, 0.25) is 0 Å². The lowest BCUT2D eigenvalue weighted by atomic mass is 9.48. The summed E-state index contributed by atoms with van der Waals surface area (Å²) in [6.07, 6.45) is 9.22. The van der Waals surface area contributed by atoms with Crippen LogP contribution in [-0.4, -0.2) is 31.1 Å². The molecule has 1 aliphatic heterocycles. The first-order chi connectivity index (χ1) is 9.94. The SMILES string of the molecule is CC(NCC1COC(C)(C)O1)C12CC3CC(CC(C3)C1)C2. The summed E-state index contributed by atoms with van der Waals surface area (Å²) in [6, 6.07) is 0.623. The summed E-state index contributed by atoms with van der Waals surface area (Å²) in [5, 5.41) is 3.81. The topological polar surface area (TPSA) is 30.5 Å². The Morgan fingerprint density at radius 2 is 1.62 bits per heavy atom. The van der Waals surface area contributed by atoms with Gasteiger partial charge in [0, 0.05) is 12.6 Å². The fourth-order valence-electron chi connectivity index (χ4n) is 6.10. The molecule has 5 rings (SSSR count). The van der Waals surface area contributed by atoms with Crippen molar-refractivity contribution in [2.45, 2.75) is 77.2 Å². The van der Waals surface area contributed by atoms with Gasteiger partial charge in [-0.2, -0.15) is 0 Å². The predicted molar refractivity (Wildman–Crippen MR) is 83.0 cm³/mol. The van der Waals surface area contributed by atoms with Gasteiger partial charge < -0.3 is 14.8 Å². The number of nitrogens with one attached hydrogen (secondary N) is 1. The fourth-order valence-corrected chi connectivity index (χ4v) is 6.10. The molecular formula is C18H31NO2. The molecule has 0 aromatic carbocycles. The van der Waals surface area contributed by atoms with E-state index in [1.165, 1.54) is 38.5 Å². The quantitative estimate of drug-likeness (QED) is 0.862. The Labute approximate surface area is 129 Å². The molecule has 3 nitrogen and oxygen atoms in total. The van der Waals surface area contributed by atoms with Crippen molar-refractivity contribution in [3.8, 4) is 0 Å². The molecule has 4 saturated carbocycles. The predicted octanol–water partition coefficient (Wildman–Crippen LogP) is 3.33. The Morgan fingerprint density at radius 1 is 1.05 bits per heavy atom. The van der Waals surface area contributed by atoms with Crippen molar-refractivity contribution in [1.82, 2.24) is 5.32 Å². The monoisotopic (exact) mass is 293 g/mol. The molecule has 0 spiro atoms. The number of hydrogen-bond acceptors (Lipinski definition) is 3. The minimum atomic E-state index is -0.393. The Bertz CT molecular complexity index is 371. The molecule has 1 saturated heterocycles. The first-order valence-electron chi connectivity index (χ1n) is 8.99. The third kappa shape index (κ3) is 2.66. The second-order valence-corrected chi connectivity index (χ2v) is 8.86. The summed E-state index contributed by atoms with van der Waals surface area (Å²) >= 11 is 0. The zero-order chi connectivity index (χ0) is 14.7. The van der Waals surface area contributed by atoms with E-state index in [4.69, 9.17) is 9.47 Å². The summed E-state index contributed by atoms with van der Waals surface area (Å²) in [4.78, 5) is 0. The molecule has 5 fully saturated rings. The zero-order valence-electron chi connectivity index (χ0n) is 13.9. The average molecular weight is 293 g/mol. The maximum atomic E-state index is 5.93. The van der Waals surface area contributed by atoms with Gasteiger partial charge in [0.05, 0.1) is 12.7 Å². The maximum Gasteiger partial charge on any atom is 0.163 e. The third-order valence-electron chi connectivity index (χ3n) is 6.72. The van der Waals surface area contributed by atoms with Gasteiger partial charge in [0.1, 0.15) is 0 Å². The highest BCUT2D eigenvalue weighted by Crippen LogP contribution is 2.61. The van der Waals surface area contributed by atoms with Crippen LogP contribution in [0.2, 0.25) is 0 Å². The van der Waals surface area contributed by atoms with Crippen LogP contribution in [0.15, 0.2) is 0 Å². The van der Waals surface area contributed by atoms with Crippen molar-refractivity contribution in [2.75, 3.05) is 13.2 Å². The van der Waals surface area contributed by atoms with Crippen LogP contribution in [0, 0.1) is 23.2 Å². The van der Waals surface area contributed by atoms with Crippen molar-refractivity contribution in [2.24, 2.45) is 23.2 Å². The van der Waals surface area contributed by atoms with Gasteiger partial charge in [-0.25, -0.2) is 0 Å². The van der Waals surface area contributed by atoms with Gasteiger partial charge in [-0.05, 0) is 82.5 Å². The van der Waals surface area contributed by atoms with Crippen molar-refractivity contribution >= 4 is 0 Å². The summed E-state index contributed by atoms with van der Waals surface area (Å²) in [5.41, 5.74) is 0.587. The first-order valence-corrected chi connectivity index (χ1v) is 8.99. The van der Waals surface area contributed by atoms with E-state index in [0.717, 1.165) is 30.9 Å². The number of ether oxygens (including phenoxy) is 2. The lowest BCUT2D eigenvalue weighted by Crippen LogP contribution is -2.55. The lowest BCUT2D eigenvalue weighted by molar-refractivity contribution is -0.138. The van der Waals surface area contributed by atoms with Gasteiger partial charge >= 0.3 is 0 Å². The van der Waals surface area contributed by atoms with E-state index >= 15 is 0 Å². The van der Waals surface area contributed by atoms with E-state index in [9.17, 15) is 0 Å². The molecule has 120 valence electrons. The number of rotatable bonds is 4. The van der Waals surface area contributed by atoms with Crippen LogP contribution in [0.3, 0.4) is 0 Å². The zero-order valence-corrected chi connectivity index (χ0v) is 13.9. The van der Waals surface area contributed by atoms with Crippen LogP contribution in [0.5, 0.6) is 0 Å². The highest BCUT2D eigenvalue weighted by atomic mass is 16.7. The Morgan fingerprint density at radius 3 is 2.10 bits per heavy atom. The van der Waals surface area contributed by atoms with Gasteiger partial charge in [0.25, 0.3) is 0 Å². The van der Waals surface area contributed by atoms with Crippen LogP contribution >= 0.6 is 0 Å². The van der Waals surface area contributed by atoms with E-state index in [2.05, 4.69) is 12.2 Å². The van der Waals surface area contributed by atoms with Crippen molar-refractivity contribution in [1.29, 1.82) is 0 Å². The Balaban J connectivity index is 1.36. The molecule has 1 heterocycles. The molecule has 1 N–H and O–H groups in total. The van der Waals surface area contributed by atoms with Gasteiger partial charge in [-0.1, -0.05) is 0 Å². The second kappa shape index (κ2) is 4.94. The summed E-state index contributed by atoms with van der Waals surface area (Å²) < 4.78 is 11.6. The van der Waals surface area contributed by atoms with Gasteiger partial charge in [-0.3, -0.25) is 0 Å². The highest BCUT2D eigenvalue weighted by Gasteiger charge is 2.53. The molecule has 3 heteroatoms. The Hall–Kier alpha value is -0.120. The molecular weight excluding hydrogens is 262 g/mol. The minimum absolute atomic E-state index is 0.219. The molecule has 0 aromatic rings. The van der Waals surface area contributed by atoms with E-state index in [-0.39, 0.29) is 6.10 Å². The van der Waals surface area contributed by atoms with E-state index in [1.54, 1.807) is 0 Å². The smallest absolute Gasteiger partial charge is 0.163 e. The summed E-state index contributed by atoms with van der Waals surface area (Å²) in [7, 11) is 0. The summed E-state index contributed by atoms with van der Waals surface area (Å²) in [6.45, 7) is 8.11. The molecule has 2 unspecified atom stereocenters. The van der Waals surface area contributed by atoms with Crippen molar-refractivity contribution < 1.29 is 9.47 Å². The van der Waals surface area contributed by atoms with Crippen molar-refractivity contribution in [3.63, 3.8) is 0 Å². The minimum Gasteiger partial charge on any atom is -0.348 e. The van der Waals surface area contributed by atoms with Gasteiger partial charge in [-0.15, -0.1) is 0 Å². The van der Waals surface area contributed by atoms with Crippen LogP contribution < -0.4 is 5.32 Å². The fraction of sp³-hybridized carbons (Fsp3) is 1.00. The second-order valence-electron chi connectivity index (χ2n) is 8.86. The Kier molecular flexibility index (Phi) is 3.40. The molecule has 4 aliphatic carbocycles. The lowest BCUT2D eigenvalue weighted by Gasteiger charge is -2.59. The number of hydrogen-bond donors (Lipinski definition) is 1. The van der Waals surface area contributed by atoms with Crippen LogP contribution in [0.1, 0.15) is 59.3 Å². The molecule has 0 radical (unpaired) electrons. The van der Waals surface area contributed by atoms with Crippen molar-refractivity contribution in [3.05, 3.63) is 0 Å². The van der Waals surface area contributed by atoms with Crippen LogP contribution in [0.25, 0.3) is 0 Å². The molecule has 2 atom stereocenters. The maximum absolute atomic E-state index is 5.93. The highest BCUT2D eigenvalue weighted by molar-refractivity contribution is 5.05. The van der Waals surface area contributed by atoms with Gasteiger partial charge in [0.15, 0.2) is 5.79 Å². The van der Waals surface area contributed by atoms with E-state index < -0.39 is 5.79 Å². The molecule has 0 aromatic heterocycles. The average Bonchev–Trinajstić information content (AvgIpc) is 2.74. The van der Waals surface area contributed by atoms with Crippen LogP contribution in [-0.2, 0) is 9.47 Å². The largest absolute Gasteiger partial charge is 0.348 e. The van der Waals surface area contributed by atoms with Crippen LogP contribution in [0.4, 0.5) is 0 Å². The van der Waals surface area contributed by atoms with E-state index in [1.807, 2.05) is 13.8 Å². The first kappa shape index (κ1) is 14.5. The molecule has 4 bridgehead atoms. The standard InChI is InChI=1S/C18H31NO2/c1-12(19-10-16-11-20-17(2,3)21-16)18-7-13-4-14(8-18)6-15(5-13)9-18/h12-16,19H,4-11H2,1-3H3.